The molecule has 0 saturated heterocycles. The molecule has 0 fully saturated rings. The average Bonchev–Trinajstić information content (AvgIpc) is 3.09. The zero-order valence-electron chi connectivity index (χ0n) is 19.4. The zero-order valence-corrected chi connectivity index (χ0v) is 19.4. The Kier molecular flexibility index (Phi) is 6.40. The van der Waals surface area contributed by atoms with Gasteiger partial charge in [0, 0.05) is 23.6 Å². The lowest BCUT2D eigenvalue weighted by atomic mass is 9.81. The normalized spacial score (nSPS) is 17.9. The molecule has 0 aliphatic carbocycles. The first kappa shape index (κ1) is 24.4. The van der Waals surface area contributed by atoms with E-state index in [1.54, 1.807) is 32.0 Å². The van der Waals surface area contributed by atoms with Crippen molar-refractivity contribution in [2.75, 3.05) is 11.4 Å². The van der Waals surface area contributed by atoms with Crippen molar-refractivity contribution >= 4 is 17.6 Å². The number of benzene rings is 2. The van der Waals surface area contributed by atoms with Gasteiger partial charge in [0.25, 0.3) is 11.8 Å². The number of carbonyl (C=O) groups excluding carboxylic acids is 2. The van der Waals surface area contributed by atoms with Crippen molar-refractivity contribution in [3.8, 4) is 0 Å². The molecule has 10 heteroatoms. The maximum Gasteiger partial charge on any atom is 0.408 e. The van der Waals surface area contributed by atoms with Gasteiger partial charge in [0.05, 0.1) is 5.69 Å². The molecule has 2 heterocycles. The molecule has 35 heavy (non-hydrogen) atoms. The molecule has 3 aromatic rings. The number of carbonyl (C=O) groups is 2. The van der Waals surface area contributed by atoms with E-state index in [9.17, 15) is 27.2 Å². The minimum Gasteiger partial charge on any atom is -0.339 e. The van der Waals surface area contributed by atoms with E-state index in [0.29, 0.717) is 22.4 Å². The van der Waals surface area contributed by atoms with Crippen LogP contribution in [0.5, 0.6) is 0 Å². The Morgan fingerprint density at radius 3 is 2.40 bits per heavy atom. The molecule has 1 unspecified atom stereocenters. The number of aryl methyl sites for hydroxylation is 2. The first-order valence-corrected chi connectivity index (χ1v) is 11.1. The molecule has 2 amide bonds. The van der Waals surface area contributed by atoms with Crippen LogP contribution >= 0.6 is 0 Å². The summed E-state index contributed by atoms with van der Waals surface area (Å²) in [5, 5.41) is 6.89. The van der Waals surface area contributed by atoms with Gasteiger partial charge < -0.3 is 5.32 Å². The molecule has 0 bridgehead atoms. The molecule has 1 aromatic heterocycles. The number of rotatable bonds is 5. The third kappa shape index (κ3) is 4.78. The maximum atomic E-state index is 13.7. The van der Waals surface area contributed by atoms with Gasteiger partial charge in [-0.25, -0.2) is 9.07 Å². The second-order valence-corrected chi connectivity index (χ2v) is 8.53. The Morgan fingerprint density at radius 2 is 1.80 bits per heavy atom. The Labute approximate surface area is 199 Å². The van der Waals surface area contributed by atoms with E-state index >= 15 is 0 Å². The van der Waals surface area contributed by atoms with Crippen molar-refractivity contribution in [2.45, 2.75) is 45.5 Å². The van der Waals surface area contributed by atoms with Gasteiger partial charge in [-0.2, -0.15) is 18.3 Å². The predicted molar refractivity (Wildman–Crippen MR) is 122 cm³/mol. The Balaban J connectivity index is 1.87. The molecule has 2 aromatic carbocycles. The van der Waals surface area contributed by atoms with E-state index in [-0.39, 0.29) is 12.4 Å². The summed E-state index contributed by atoms with van der Waals surface area (Å²) in [4.78, 5) is 28.0. The summed E-state index contributed by atoms with van der Waals surface area (Å²) in [6.07, 6.45) is -4.56. The van der Waals surface area contributed by atoms with Crippen molar-refractivity contribution in [3.63, 3.8) is 0 Å². The third-order valence-electron chi connectivity index (χ3n) is 6.02. The van der Waals surface area contributed by atoms with Gasteiger partial charge in [0.2, 0.25) is 0 Å². The number of alkyl halides is 3. The Bertz CT molecular complexity index is 1270. The van der Waals surface area contributed by atoms with E-state index in [0.717, 1.165) is 10.2 Å². The lowest BCUT2D eigenvalue weighted by Crippen LogP contribution is -2.55. The molecule has 184 valence electrons. The molecule has 1 aliphatic heterocycles. The van der Waals surface area contributed by atoms with Crippen LogP contribution < -0.4 is 10.2 Å². The molecule has 4 rings (SSSR count). The number of nitrogens with one attached hydrogen (secondary N) is 1. The first-order chi connectivity index (χ1) is 16.5. The number of likely N-dealkylation sites (N-methyl/N-ethyl adjacent to an activating group) is 1. The van der Waals surface area contributed by atoms with Gasteiger partial charge in [-0.1, -0.05) is 29.8 Å². The molecule has 2 atom stereocenters. The molecule has 0 saturated carbocycles. The van der Waals surface area contributed by atoms with Gasteiger partial charge in [0.15, 0.2) is 0 Å². The number of fused-ring (bicyclic) bond motifs is 1. The molecule has 1 N–H and O–H groups in total. The van der Waals surface area contributed by atoms with E-state index in [4.69, 9.17) is 0 Å². The summed E-state index contributed by atoms with van der Waals surface area (Å²) in [6, 6.07) is 11.0. The lowest BCUT2D eigenvalue weighted by molar-refractivity contribution is -0.142. The average molecular weight is 488 g/mol. The van der Waals surface area contributed by atoms with Crippen LogP contribution in [0, 0.1) is 19.7 Å². The number of amides is 2. The topological polar surface area (TPSA) is 67.2 Å². The van der Waals surface area contributed by atoms with Gasteiger partial charge in [-0.05, 0) is 50.6 Å². The van der Waals surface area contributed by atoms with Crippen LogP contribution in [-0.4, -0.2) is 40.4 Å². The van der Waals surface area contributed by atoms with E-state index in [1.807, 2.05) is 13.0 Å². The number of hydrogen-bond acceptors (Lipinski definition) is 3. The highest BCUT2D eigenvalue weighted by Gasteiger charge is 2.46. The third-order valence-corrected chi connectivity index (χ3v) is 6.02. The minimum atomic E-state index is -4.56. The maximum absolute atomic E-state index is 13.7. The molecule has 0 radical (unpaired) electrons. The number of aromatic nitrogens is 2. The van der Waals surface area contributed by atoms with Crippen LogP contribution in [0.15, 0.2) is 48.5 Å². The summed E-state index contributed by atoms with van der Waals surface area (Å²) >= 11 is 0. The number of anilines is 1. The standard InChI is InChI=1S/C25H24F4N4O2/c1-4-32-23-19(15(3)31-33(23)13-25(27,28)29)20(16-8-10-18(26)11-9-16)21(24(32)35)30-22(34)17-7-5-6-14(2)12-17/h5-12,20-21H,4,13H2,1-3H3,(H,30,34)/t20-,21?/m0/s1. The molecule has 0 spiro atoms. The van der Waals surface area contributed by atoms with Crippen molar-refractivity contribution in [2.24, 2.45) is 0 Å². The highest BCUT2D eigenvalue weighted by molar-refractivity contribution is 6.05. The van der Waals surface area contributed by atoms with Crippen LogP contribution in [0.3, 0.4) is 0 Å². The van der Waals surface area contributed by atoms with Gasteiger partial charge in [-0.15, -0.1) is 0 Å². The summed E-state index contributed by atoms with van der Waals surface area (Å²) < 4.78 is 54.4. The number of hydrogen-bond donors (Lipinski definition) is 1. The fourth-order valence-corrected chi connectivity index (χ4v) is 4.58. The number of nitrogens with zero attached hydrogens (tertiary/aromatic N) is 3. The van der Waals surface area contributed by atoms with Crippen molar-refractivity contribution < 1.29 is 27.2 Å². The zero-order chi connectivity index (χ0) is 25.5. The van der Waals surface area contributed by atoms with Crippen LogP contribution in [0.2, 0.25) is 0 Å². The van der Waals surface area contributed by atoms with Crippen LogP contribution in [-0.2, 0) is 11.3 Å². The highest BCUT2D eigenvalue weighted by atomic mass is 19.4. The Morgan fingerprint density at radius 1 is 1.11 bits per heavy atom. The predicted octanol–water partition coefficient (Wildman–Crippen LogP) is 4.50. The van der Waals surface area contributed by atoms with Gasteiger partial charge >= 0.3 is 6.18 Å². The second-order valence-electron chi connectivity index (χ2n) is 8.53. The highest BCUT2D eigenvalue weighted by Crippen LogP contribution is 2.43. The van der Waals surface area contributed by atoms with Crippen LogP contribution in [0.1, 0.15) is 45.6 Å². The Hall–Kier alpha value is -3.69. The van der Waals surface area contributed by atoms with Gasteiger partial charge in [0.1, 0.15) is 24.2 Å². The van der Waals surface area contributed by atoms with Crippen LogP contribution in [0.4, 0.5) is 23.4 Å². The van der Waals surface area contributed by atoms with Crippen molar-refractivity contribution in [1.29, 1.82) is 0 Å². The minimum absolute atomic E-state index is 0.0303. The SMILES string of the molecule is CCN1C(=O)C(NC(=O)c2cccc(C)c2)[C@@H](c2ccc(F)cc2)c2c(C)nn(CC(F)(F)F)c21. The molecule has 6 nitrogen and oxygen atoms in total. The first-order valence-electron chi connectivity index (χ1n) is 11.1. The van der Waals surface area contributed by atoms with E-state index in [1.165, 1.54) is 29.2 Å². The smallest absolute Gasteiger partial charge is 0.339 e. The summed E-state index contributed by atoms with van der Waals surface area (Å²) in [5.74, 6) is -2.41. The molecular weight excluding hydrogens is 464 g/mol. The van der Waals surface area contributed by atoms with E-state index in [2.05, 4.69) is 10.4 Å². The van der Waals surface area contributed by atoms with Crippen LogP contribution in [0.25, 0.3) is 0 Å². The summed E-state index contributed by atoms with van der Waals surface area (Å²) in [5.41, 5.74) is 2.34. The summed E-state index contributed by atoms with van der Waals surface area (Å²) in [6.45, 7) is 3.73. The van der Waals surface area contributed by atoms with Gasteiger partial charge in [-0.3, -0.25) is 14.5 Å². The quantitative estimate of drug-likeness (QED) is 0.538. The monoisotopic (exact) mass is 488 g/mol. The van der Waals surface area contributed by atoms with Crippen molar-refractivity contribution in [3.05, 3.63) is 82.3 Å². The fourth-order valence-electron chi connectivity index (χ4n) is 4.58. The fraction of sp³-hybridized carbons (Fsp3) is 0.320. The summed E-state index contributed by atoms with van der Waals surface area (Å²) in [7, 11) is 0. The number of halogens is 4. The molecular formula is C25H24F4N4O2. The largest absolute Gasteiger partial charge is 0.408 e. The van der Waals surface area contributed by atoms with E-state index < -0.39 is 42.3 Å². The lowest BCUT2D eigenvalue weighted by Gasteiger charge is -2.38. The molecule has 1 aliphatic rings. The van der Waals surface area contributed by atoms with Crippen molar-refractivity contribution in [1.82, 2.24) is 15.1 Å². The second kappa shape index (κ2) is 9.16.